The standard InChI is InChI=1S/C15H21N3O2/c1-10-3-4-14(20-10)15-13(8-17-18-15)7-16-11(2)12-5-6-19-9-12/h3-4,8,11-12,16H,5-7,9H2,1-2H3,(H,17,18). The lowest BCUT2D eigenvalue weighted by Gasteiger charge is -2.19. The summed E-state index contributed by atoms with van der Waals surface area (Å²) >= 11 is 0. The van der Waals surface area contributed by atoms with Crippen molar-refractivity contribution in [2.24, 2.45) is 5.92 Å². The molecule has 2 aromatic heterocycles. The van der Waals surface area contributed by atoms with Crippen molar-refractivity contribution in [1.29, 1.82) is 0 Å². The molecular formula is C15H21N3O2. The van der Waals surface area contributed by atoms with Crippen molar-refractivity contribution in [3.05, 3.63) is 29.7 Å². The summed E-state index contributed by atoms with van der Waals surface area (Å²) in [5.41, 5.74) is 2.09. The molecule has 0 radical (unpaired) electrons. The van der Waals surface area contributed by atoms with E-state index in [9.17, 15) is 0 Å². The van der Waals surface area contributed by atoms with Gasteiger partial charge in [0, 0.05) is 24.8 Å². The minimum absolute atomic E-state index is 0.443. The third kappa shape index (κ3) is 2.78. The molecule has 3 heterocycles. The first-order valence-corrected chi connectivity index (χ1v) is 7.14. The molecule has 2 aromatic rings. The summed E-state index contributed by atoms with van der Waals surface area (Å²) in [6.45, 7) is 6.70. The lowest BCUT2D eigenvalue weighted by Crippen LogP contribution is -2.33. The van der Waals surface area contributed by atoms with Gasteiger partial charge in [0.15, 0.2) is 5.76 Å². The van der Waals surface area contributed by atoms with Crippen molar-refractivity contribution >= 4 is 0 Å². The van der Waals surface area contributed by atoms with Gasteiger partial charge in [0.25, 0.3) is 0 Å². The van der Waals surface area contributed by atoms with Crippen LogP contribution in [0.3, 0.4) is 0 Å². The van der Waals surface area contributed by atoms with E-state index in [1.165, 1.54) is 0 Å². The molecule has 0 spiro atoms. The number of nitrogens with zero attached hydrogens (tertiary/aromatic N) is 1. The molecule has 2 N–H and O–H groups in total. The van der Waals surface area contributed by atoms with Crippen molar-refractivity contribution in [2.45, 2.75) is 32.9 Å². The first-order valence-electron chi connectivity index (χ1n) is 7.14. The second kappa shape index (κ2) is 5.81. The molecule has 2 unspecified atom stereocenters. The van der Waals surface area contributed by atoms with Crippen LogP contribution in [0.4, 0.5) is 0 Å². The number of ether oxygens (including phenoxy) is 1. The lowest BCUT2D eigenvalue weighted by atomic mass is 10.0. The van der Waals surface area contributed by atoms with E-state index in [1.54, 1.807) is 0 Å². The highest BCUT2D eigenvalue weighted by Crippen LogP contribution is 2.24. The zero-order valence-electron chi connectivity index (χ0n) is 12.0. The van der Waals surface area contributed by atoms with Crippen LogP contribution in [0.2, 0.25) is 0 Å². The molecule has 1 saturated heterocycles. The fraction of sp³-hybridized carbons (Fsp3) is 0.533. The highest BCUT2D eigenvalue weighted by atomic mass is 16.5. The quantitative estimate of drug-likeness (QED) is 0.880. The summed E-state index contributed by atoms with van der Waals surface area (Å²) in [6.07, 6.45) is 3.00. The Balaban J connectivity index is 1.65. The Morgan fingerprint density at radius 1 is 1.50 bits per heavy atom. The largest absolute Gasteiger partial charge is 0.460 e. The van der Waals surface area contributed by atoms with Crippen molar-refractivity contribution in [2.75, 3.05) is 13.2 Å². The summed E-state index contributed by atoms with van der Waals surface area (Å²) in [7, 11) is 0. The maximum absolute atomic E-state index is 5.66. The zero-order valence-corrected chi connectivity index (χ0v) is 12.0. The highest BCUT2D eigenvalue weighted by Gasteiger charge is 2.22. The van der Waals surface area contributed by atoms with Crippen molar-refractivity contribution in [3.63, 3.8) is 0 Å². The van der Waals surface area contributed by atoms with Gasteiger partial charge >= 0.3 is 0 Å². The molecule has 1 aliphatic rings. The molecule has 0 aromatic carbocycles. The van der Waals surface area contributed by atoms with Crippen molar-refractivity contribution < 1.29 is 9.15 Å². The van der Waals surface area contributed by atoms with E-state index in [0.29, 0.717) is 12.0 Å². The monoisotopic (exact) mass is 275 g/mol. The first kappa shape index (κ1) is 13.4. The number of hydrogen-bond acceptors (Lipinski definition) is 4. The van der Waals surface area contributed by atoms with Crippen molar-refractivity contribution in [1.82, 2.24) is 15.5 Å². The van der Waals surface area contributed by atoms with E-state index in [1.807, 2.05) is 25.3 Å². The van der Waals surface area contributed by atoms with Crippen LogP contribution in [0, 0.1) is 12.8 Å². The van der Waals surface area contributed by atoms with Crippen LogP contribution in [-0.4, -0.2) is 29.5 Å². The Bertz CT molecular complexity index is 555. The number of hydrogen-bond donors (Lipinski definition) is 2. The Labute approximate surface area is 118 Å². The minimum atomic E-state index is 0.443. The maximum atomic E-state index is 5.66. The fourth-order valence-electron chi connectivity index (χ4n) is 2.61. The Morgan fingerprint density at radius 3 is 3.10 bits per heavy atom. The molecule has 5 heteroatoms. The van der Waals surface area contributed by atoms with Gasteiger partial charge < -0.3 is 14.5 Å². The maximum Gasteiger partial charge on any atom is 0.152 e. The van der Waals surface area contributed by atoms with Crippen LogP contribution in [0.25, 0.3) is 11.5 Å². The molecule has 108 valence electrons. The van der Waals surface area contributed by atoms with Gasteiger partial charge in [-0.2, -0.15) is 5.10 Å². The normalized spacial score (nSPS) is 20.4. The number of nitrogens with one attached hydrogen (secondary N) is 2. The number of rotatable bonds is 5. The molecule has 3 rings (SSSR count). The third-order valence-electron chi connectivity index (χ3n) is 3.99. The molecule has 0 amide bonds. The first-order chi connectivity index (χ1) is 9.74. The van der Waals surface area contributed by atoms with E-state index in [4.69, 9.17) is 9.15 Å². The van der Waals surface area contributed by atoms with Gasteiger partial charge in [0.05, 0.1) is 12.8 Å². The minimum Gasteiger partial charge on any atom is -0.460 e. The average Bonchev–Trinajstić information content (AvgIpc) is 3.16. The molecule has 1 fully saturated rings. The van der Waals surface area contributed by atoms with Crippen LogP contribution in [0.5, 0.6) is 0 Å². The number of aryl methyl sites for hydroxylation is 1. The predicted octanol–water partition coefficient (Wildman–Crippen LogP) is 2.49. The molecule has 5 nitrogen and oxygen atoms in total. The van der Waals surface area contributed by atoms with Gasteiger partial charge in [0.1, 0.15) is 11.5 Å². The third-order valence-corrected chi connectivity index (χ3v) is 3.99. The predicted molar refractivity (Wildman–Crippen MR) is 76.3 cm³/mol. The molecular weight excluding hydrogens is 254 g/mol. The van der Waals surface area contributed by atoms with Gasteiger partial charge in [-0.25, -0.2) is 0 Å². The Hall–Kier alpha value is -1.59. The van der Waals surface area contributed by atoms with Gasteiger partial charge in [-0.15, -0.1) is 0 Å². The van der Waals surface area contributed by atoms with Crippen LogP contribution >= 0.6 is 0 Å². The molecule has 0 aliphatic carbocycles. The summed E-state index contributed by atoms with van der Waals surface area (Å²) < 4.78 is 11.1. The SMILES string of the molecule is Cc1ccc(-c2[nH]ncc2CNC(C)C2CCOC2)o1. The zero-order chi connectivity index (χ0) is 13.9. The van der Waals surface area contributed by atoms with Gasteiger partial charge in [-0.3, -0.25) is 5.10 Å². The van der Waals surface area contributed by atoms with Gasteiger partial charge in [0.2, 0.25) is 0 Å². The number of aromatic amines is 1. The molecule has 0 bridgehead atoms. The second-order valence-electron chi connectivity index (χ2n) is 5.47. The van der Waals surface area contributed by atoms with Crippen LogP contribution in [0.1, 0.15) is 24.7 Å². The van der Waals surface area contributed by atoms with E-state index >= 15 is 0 Å². The van der Waals surface area contributed by atoms with Gasteiger partial charge in [-0.1, -0.05) is 0 Å². The van der Waals surface area contributed by atoms with E-state index in [2.05, 4.69) is 22.4 Å². The van der Waals surface area contributed by atoms with E-state index in [0.717, 1.165) is 49.0 Å². The van der Waals surface area contributed by atoms with Crippen LogP contribution in [0.15, 0.2) is 22.7 Å². The summed E-state index contributed by atoms with van der Waals surface area (Å²) in [6, 6.07) is 4.38. The molecule has 1 aliphatic heterocycles. The van der Waals surface area contributed by atoms with Crippen molar-refractivity contribution in [3.8, 4) is 11.5 Å². The smallest absolute Gasteiger partial charge is 0.152 e. The summed E-state index contributed by atoms with van der Waals surface area (Å²) in [4.78, 5) is 0. The van der Waals surface area contributed by atoms with E-state index < -0.39 is 0 Å². The Kier molecular flexibility index (Phi) is 3.89. The van der Waals surface area contributed by atoms with E-state index in [-0.39, 0.29) is 0 Å². The molecule has 20 heavy (non-hydrogen) atoms. The summed E-state index contributed by atoms with van der Waals surface area (Å²) in [5.74, 6) is 2.36. The van der Waals surface area contributed by atoms with Gasteiger partial charge in [-0.05, 0) is 38.3 Å². The van der Waals surface area contributed by atoms with Crippen LogP contribution in [-0.2, 0) is 11.3 Å². The number of aromatic nitrogens is 2. The number of furan rings is 1. The van der Waals surface area contributed by atoms with Crippen LogP contribution < -0.4 is 5.32 Å². The summed E-state index contributed by atoms with van der Waals surface area (Å²) in [5, 5.41) is 10.7. The Morgan fingerprint density at radius 2 is 2.40 bits per heavy atom. The fourth-order valence-corrected chi connectivity index (χ4v) is 2.61. The highest BCUT2D eigenvalue weighted by molar-refractivity contribution is 5.56. The molecule has 2 atom stereocenters. The second-order valence-corrected chi connectivity index (χ2v) is 5.47. The number of H-pyrrole nitrogens is 1. The molecule has 0 saturated carbocycles. The topological polar surface area (TPSA) is 63.1 Å². The lowest BCUT2D eigenvalue weighted by molar-refractivity contribution is 0.178. The average molecular weight is 275 g/mol.